The van der Waals surface area contributed by atoms with Crippen LogP contribution in [0.4, 0.5) is 5.82 Å². The molecule has 0 saturated heterocycles. The summed E-state index contributed by atoms with van der Waals surface area (Å²) < 4.78 is 28.4. The fourth-order valence-corrected chi connectivity index (χ4v) is 3.83. The van der Waals surface area contributed by atoms with Crippen LogP contribution < -0.4 is 10.0 Å². The van der Waals surface area contributed by atoms with Gasteiger partial charge < -0.3 is 5.32 Å². The number of rotatable bonds is 5. The predicted octanol–water partition coefficient (Wildman–Crippen LogP) is 1.70. The van der Waals surface area contributed by atoms with Crippen LogP contribution in [0.3, 0.4) is 0 Å². The minimum absolute atomic E-state index is 0.154. The molecule has 0 spiro atoms. The Hall–Kier alpha value is -1.45. The number of aromatic nitrogens is 3. The highest BCUT2D eigenvalue weighted by atomic mass is 79.9. The molecule has 9 heteroatoms. The van der Waals surface area contributed by atoms with E-state index in [-0.39, 0.29) is 4.90 Å². The first kappa shape index (κ1) is 15.9. The number of nitrogens with zero attached hydrogens (tertiary/aromatic N) is 2. The van der Waals surface area contributed by atoms with Crippen LogP contribution in [0.15, 0.2) is 21.6 Å². The monoisotopic (exact) mass is 373 g/mol. The summed E-state index contributed by atoms with van der Waals surface area (Å²) >= 11 is 3.30. The molecule has 0 aliphatic rings. The molecule has 0 atom stereocenters. The van der Waals surface area contributed by atoms with E-state index in [0.29, 0.717) is 23.8 Å². The average molecular weight is 374 g/mol. The third-order valence-electron chi connectivity index (χ3n) is 2.85. The van der Waals surface area contributed by atoms with E-state index in [2.05, 4.69) is 41.2 Å². The Bertz CT molecular complexity index is 757. The van der Waals surface area contributed by atoms with Gasteiger partial charge in [0.25, 0.3) is 10.0 Å². The Balaban J connectivity index is 2.41. The van der Waals surface area contributed by atoms with Crippen molar-refractivity contribution < 1.29 is 8.42 Å². The topological polar surface area (TPSA) is 99.8 Å². The Kier molecular flexibility index (Phi) is 4.64. The molecule has 0 aliphatic carbocycles. The molecule has 114 valence electrons. The number of sulfonamides is 1. The number of H-pyrrole nitrogens is 1. The number of aromatic amines is 1. The lowest BCUT2D eigenvalue weighted by Crippen LogP contribution is -2.18. The first-order valence-corrected chi connectivity index (χ1v) is 8.46. The maximum absolute atomic E-state index is 12.6. The summed E-state index contributed by atoms with van der Waals surface area (Å²) in [5.41, 5.74) is 1.66. The largest absolute Gasteiger partial charge is 0.314 e. The van der Waals surface area contributed by atoms with Gasteiger partial charge in [-0.25, -0.2) is 13.4 Å². The molecule has 3 N–H and O–H groups in total. The maximum atomic E-state index is 12.6. The summed E-state index contributed by atoms with van der Waals surface area (Å²) in [6, 6.07) is 1.79. The van der Waals surface area contributed by atoms with Gasteiger partial charge in [0.15, 0.2) is 0 Å². The normalized spacial score (nSPS) is 11.6. The summed E-state index contributed by atoms with van der Waals surface area (Å²) in [6.07, 6.45) is 1.54. The van der Waals surface area contributed by atoms with Gasteiger partial charge in [0.2, 0.25) is 0 Å². The van der Waals surface area contributed by atoms with Crippen molar-refractivity contribution in [3.8, 4) is 0 Å². The highest BCUT2D eigenvalue weighted by Crippen LogP contribution is 2.23. The minimum atomic E-state index is -3.75. The van der Waals surface area contributed by atoms with Crippen LogP contribution in [0.25, 0.3) is 0 Å². The van der Waals surface area contributed by atoms with Crippen LogP contribution in [0.1, 0.15) is 17.0 Å². The molecule has 2 aromatic rings. The Morgan fingerprint density at radius 3 is 2.71 bits per heavy atom. The number of anilines is 1. The van der Waals surface area contributed by atoms with Crippen LogP contribution in [0.2, 0.25) is 0 Å². The number of halogens is 1. The van der Waals surface area contributed by atoms with Gasteiger partial charge in [-0.05, 0) is 48.5 Å². The van der Waals surface area contributed by atoms with Crippen molar-refractivity contribution in [2.24, 2.45) is 0 Å². The van der Waals surface area contributed by atoms with E-state index in [9.17, 15) is 8.42 Å². The summed E-state index contributed by atoms with van der Waals surface area (Å²) in [5, 5.41) is 9.61. The van der Waals surface area contributed by atoms with Crippen molar-refractivity contribution in [1.29, 1.82) is 0 Å². The van der Waals surface area contributed by atoms with Crippen molar-refractivity contribution >= 4 is 31.8 Å². The number of hydrogen-bond acceptors (Lipinski definition) is 5. The van der Waals surface area contributed by atoms with Crippen LogP contribution >= 0.6 is 15.9 Å². The lowest BCUT2D eigenvalue weighted by molar-refractivity contribution is 0.598. The van der Waals surface area contributed by atoms with E-state index in [0.717, 1.165) is 10.0 Å². The zero-order valence-corrected chi connectivity index (χ0v) is 14.3. The smallest absolute Gasteiger partial charge is 0.266 e. The van der Waals surface area contributed by atoms with Gasteiger partial charge in [-0.1, -0.05) is 0 Å². The highest BCUT2D eigenvalue weighted by Gasteiger charge is 2.25. The van der Waals surface area contributed by atoms with Crippen molar-refractivity contribution in [1.82, 2.24) is 20.5 Å². The second kappa shape index (κ2) is 6.12. The second-order valence-corrected chi connectivity index (χ2v) is 7.11. The van der Waals surface area contributed by atoms with Crippen molar-refractivity contribution in [2.75, 3.05) is 11.8 Å². The summed E-state index contributed by atoms with van der Waals surface area (Å²) in [7, 11) is -2.02. The predicted molar refractivity (Wildman–Crippen MR) is 83.6 cm³/mol. The molecular formula is C12H16BrN5O2S. The third kappa shape index (κ3) is 3.42. The van der Waals surface area contributed by atoms with Crippen LogP contribution in [-0.4, -0.2) is 30.6 Å². The van der Waals surface area contributed by atoms with E-state index >= 15 is 0 Å². The van der Waals surface area contributed by atoms with Gasteiger partial charge in [0.1, 0.15) is 10.7 Å². The lowest BCUT2D eigenvalue weighted by atomic mass is 10.3. The number of aryl methyl sites for hydroxylation is 2. The molecule has 0 aliphatic heterocycles. The quantitative estimate of drug-likeness (QED) is 0.740. The molecule has 0 bridgehead atoms. The first-order chi connectivity index (χ1) is 9.85. The molecule has 0 unspecified atom stereocenters. The molecule has 2 rings (SSSR count). The molecule has 2 aromatic heterocycles. The van der Waals surface area contributed by atoms with Crippen molar-refractivity contribution in [3.63, 3.8) is 0 Å². The van der Waals surface area contributed by atoms with Crippen LogP contribution in [0, 0.1) is 13.8 Å². The van der Waals surface area contributed by atoms with Gasteiger partial charge in [-0.2, -0.15) is 5.10 Å². The van der Waals surface area contributed by atoms with E-state index in [4.69, 9.17) is 0 Å². The van der Waals surface area contributed by atoms with E-state index in [1.165, 1.54) is 0 Å². The van der Waals surface area contributed by atoms with E-state index in [1.54, 1.807) is 33.2 Å². The van der Waals surface area contributed by atoms with Gasteiger partial charge in [-0.3, -0.25) is 9.82 Å². The Morgan fingerprint density at radius 2 is 2.10 bits per heavy atom. The summed E-state index contributed by atoms with van der Waals surface area (Å²) in [6.45, 7) is 3.81. The maximum Gasteiger partial charge on any atom is 0.266 e. The average Bonchev–Trinajstić information content (AvgIpc) is 2.75. The Labute approximate surface area is 131 Å². The van der Waals surface area contributed by atoms with Gasteiger partial charge >= 0.3 is 0 Å². The number of nitrogens with one attached hydrogen (secondary N) is 3. The zero-order valence-electron chi connectivity index (χ0n) is 11.9. The van der Waals surface area contributed by atoms with Gasteiger partial charge in [0.05, 0.1) is 11.4 Å². The molecule has 0 aromatic carbocycles. The van der Waals surface area contributed by atoms with Crippen molar-refractivity contribution in [3.05, 3.63) is 33.7 Å². The molecule has 2 heterocycles. The van der Waals surface area contributed by atoms with Gasteiger partial charge in [0, 0.05) is 17.2 Å². The highest BCUT2D eigenvalue weighted by molar-refractivity contribution is 9.10. The third-order valence-corrected chi connectivity index (χ3v) is 4.83. The molecule has 7 nitrogen and oxygen atoms in total. The number of hydrogen-bond donors (Lipinski definition) is 3. The van der Waals surface area contributed by atoms with E-state index in [1.807, 2.05) is 0 Å². The molecule has 21 heavy (non-hydrogen) atoms. The summed E-state index contributed by atoms with van der Waals surface area (Å²) in [5.74, 6) is 0.300. The molecule has 0 radical (unpaired) electrons. The second-order valence-electron chi connectivity index (χ2n) is 4.58. The minimum Gasteiger partial charge on any atom is -0.314 e. The molecule has 0 amide bonds. The zero-order chi connectivity index (χ0) is 15.6. The standard InChI is InChI=1S/C12H16BrN5O2S/c1-7-4-9(13)5-15-12(7)18-21(19,20)11-8(2)16-17-10(11)6-14-3/h4-5,14H,6H2,1-3H3,(H,15,18)(H,16,17). The van der Waals surface area contributed by atoms with Gasteiger partial charge in [-0.15, -0.1) is 0 Å². The first-order valence-electron chi connectivity index (χ1n) is 6.18. The fraction of sp³-hybridized carbons (Fsp3) is 0.333. The number of pyridine rings is 1. The molecule has 0 fully saturated rings. The van der Waals surface area contributed by atoms with Crippen LogP contribution in [-0.2, 0) is 16.6 Å². The van der Waals surface area contributed by atoms with E-state index < -0.39 is 10.0 Å². The van der Waals surface area contributed by atoms with Crippen molar-refractivity contribution in [2.45, 2.75) is 25.3 Å². The lowest BCUT2D eigenvalue weighted by Gasteiger charge is -2.10. The SMILES string of the molecule is CNCc1n[nH]c(C)c1S(=O)(=O)Nc1ncc(Br)cc1C. The van der Waals surface area contributed by atoms with Crippen LogP contribution in [0.5, 0.6) is 0 Å². The summed E-state index contributed by atoms with van der Waals surface area (Å²) in [4.78, 5) is 4.25. The molecule has 0 saturated carbocycles. The fourth-order valence-electron chi connectivity index (χ4n) is 1.94. The molecular weight excluding hydrogens is 358 g/mol. The Morgan fingerprint density at radius 1 is 1.38 bits per heavy atom.